The van der Waals surface area contributed by atoms with Crippen LogP contribution in [0.15, 0.2) is 217 Å². The van der Waals surface area contributed by atoms with Gasteiger partial charge in [0.2, 0.25) is 0 Å². The summed E-state index contributed by atoms with van der Waals surface area (Å²) in [5, 5.41) is 9.47. The van der Waals surface area contributed by atoms with Gasteiger partial charge in [-0.2, -0.15) is 0 Å². The second kappa shape index (κ2) is 13.2. The molecule has 56 heavy (non-hydrogen) atoms. The van der Waals surface area contributed by atoms with Crippen LogP contribution in [0.2, 0.25) is 0 Å². The van der Waals surface area contributed by atoms with E-state index in [1.54, 1.807) is 0 Å². The van der Waals surface area contributed by atoms with Crippen LogP contribution >= 0.6 is 0 Å². The minimum Gasteiger partial charge on any atom is -0.455 e. The van der Waals surface area contributed by atoms with Crippen molar-refractivity contribution in [2.24, 2.45) is 0 Å². The number of fused-ring (bicyclic) bond motifs is 7. The molecular formula is C54H35NO. The van der Waals surface area contributed by atoms with Crippen molar-refractivity contribution in [3.8, 4) is 33.4 Å². The van der Waals surface area contributed by atoms with E-state index in [9.17, 15) is 0 Å². The molecule has 10 aromatic carbocycles. The summed E-state index contributed by atoms with van der Waals surface area (Å²) in [5.74, 6) is 0. The van der Waals surface area contributed by atoms with Gasteiger partial charge in [0.05, 0.1) is 11.1 Å². The van der Waals surface area contributed by atoms with Gasteiger partial charge in [-0.15, -0.1) is 0 Å². The molecule has 0 radical (unpaired) electrons. The maximum Gasteiger partial charge on any atom is 0.143 e. The van der Waals surface area contributed by atoms with Gasteiger partial charge in [0.1, 0.15) is 11.2 Å². The van der Waals surface area contributed by atoms with Crippen LogP contribution in [0.5, 0.6) is 0 Å². The number of nitrogens with zero attached hydrogens (tertiary/aromatic N) is 1. The van der Waals surface area contributed by atoms with Crippen molar-refractivity contribution in [2.45, 2.75) is 0 Å². The van der Waals surface area contributed by atoms with Gasteiger partial charge in [0.15, 0.2) is 0 Å². The van der Waals surface area contributed by atoms with Crippen LogP contribution < -0.4 is 4.90 Å². The average molecular weight is 714 g/mol. The van der Waals surface area contributed by atoms with E-state index in [0.717, 1.165) is 44.4 Å². The SMILES string of the molecule is c1cc(-c2cccc3ccccc23)cc(N(c2ccc(-c3ccc(-c4ccc5ccccc5c4)cc3)cc2)c2cccc3oc4c5ccccc5ccc4c23)c1. The molecule has 1 aromatic heterocycles. The minimum absolute atomic E-state index is 0.868. The number of hydrogen-bond acceptors (Lipinski definition) is 2. The minimum atomic E-state index is 0.868. The average Bonchev–Trinajstić information content (AvgIpc) is 3.67. The molecule has 0 unspecified atom stereocenters. The van der Waals surface area contributed by atoms with Gasteiger partial charge in [0.25, 0.3) is 0 Å². The van der Waals surface area contributed by atoms with Crippen molar-refractivity contribution < 1.29 is 4.42 Å². The van der Waals surface area contributed by atoms with Gasteiger partial charge in [-0.05, 0) is 109 Å². The molecule has 0 aliphatic rings. The molecule has 0 amide bonds. The van der Waals surface area contributed by atoms with Gasteiger partial charge in [-0.25, -0.2) is 0 Å². The van der Waals surface area contributed by atoms with E-state index in [2.05, 4.69) is 217 Å². The molecule has 0 saturated carbocycles. The van der Waals surface area contributed by atoms with Crippen molar-refractivity contribution in [1.29, 1.82) is 0 Å². The Balaban J connectivity index is 1.04. The van der Waals surface area contributed by atoms with E-state index in [1.807, 2.05) is 0 Å². The fourth-order valence-corrected chi connectivity index (χ4v) is 8.47. The third-order valence-electron chi connectivity index (χ3n) is 11.2. The Morgan fingerprint density at radius 1 is 0.321 bits per heavy atom. The molecule has 0 saturated heterocycles. The highest BCUT2D eigenvalue weighted by Crippen LogP contribution is 2.45. The molecule has 0 aliphatic heterocycles. The second-order valence-corrected chi connectivity index (χ2v) is 14.5. The van der Waals surface area contributed by atoms with Gasteiger partial charge >= 0.3 is 0 Å². The summed E-state index contributed by atoms with van der Waals surface area (Å²) in [6.07, 6.45) is 0. The molecular weight excluding hydrogens is 679 g/mol. The van der Waals surface area contributed by atoms with Crippen molar-refractivity contribution >= 4 is 71.3 Å². The normalized spacial score (nSPS) is 11.6. The topological polar surface area (TPSA) is 16.4 Å². The summed E-state index contributed by atoms with van der Waals surface area (Å²) in [7, 11) is 0. The van der Waals surface area contributed by atoms with Crippen LogP contribution in [0.4, 0.5) is 17.1 Å². The fraction of sp³-hybridized carbons (Fsp3) is 0. The first-order valence-electron chi connectivity index (χ1n) is 19.2. The van der Waals surface area contributed by atoms with Crippen LogP contribution in [0, 0.1) is 0 Å². The molecule has 2 heteroatoms. The number of benzene rings is 10. The summed E-state index contributed by atoms with van der Waals surface area (Å²) in [5.41, 5.74) is 12.2. The number of hydrogen-bond donors (Lipinski definition) is 0. The van der Waals surface area contributed by atoms with Crippen LogP contribution in [-0.4, -0.2) is 0 Å². The van der Waals surface area contributed by atoms with E-state index in [0.29, 0.717) is 0 Å². The van der Waals surface area contributed by atoms with E-state index in [1.165, 1.54) is 60.3 Å². The quantitative estimate of drug-likeness (QED) is 0.171. The molecule has 0 aliphatic carbocycles. The number of furan rings is 1. The molecule has 0 spiro atoms. The van der Waals surface area contributed by atoms with Crippen molar-refractivity contribution in [1.82, 2.24) is 0 Å². The Hall–Kier alpha value is -7.42. The lowest BCUT2D eigenvalue weighted by Crippen LogP contribution is -2.10. The zero-order valence-electron chi connectivity index (χ0n) is 30.6. The fourth-order valence-electron chi connectivity index (χ4n) is 8.47. The highest BCUT2D eigenvalue weighted by atomic mass is 16.3. The highest BCUT2D eigenvalue weighted by Gasteiger charge is 2.21. The smallest absolute Gasteiger partial charge is 0.143 e. The molecule has 0 fully saturated rings. The molecule has 11 rings (SSSR count). The lowest BCUT2D eigenvalue weighted by Gasteiger charge is -2.27. The van der Waals surface area contributed by atoms with Crippen molar-refractivity contribution in [2.75, 3.05) is 4.90 Å². The maximum absolute atomic E-state index is 6.68. The predicted octanol–water partition coefficient (Wildman–Crippen LogP) is 15.5. The molecule has 0 N–H and O–H groups in total. The number of anilines is 3. The first-order chi connectivity index (χ1) is 27.7. The van der Waals surface area contributed by atoms with Crippen LogP contribution in [-0.2, 0) is 0 Å². The third-order valence-corrected chi connectivity index (χ3v) is 11.2. The van der Waals surface area contributed by atoms with E-state index in [-0.39, 0.29) is 0 Å². The summed E-state index contributed by atoms with van der Waals surface area (Å²) in [6, 6.07) is 76.5. The molecule has 1 heterocycles. The summed E-state index contributed by atoms with van der Waals surface area (Å²) >= 11 is 0. The van der Waals surface area contributed by atoms with Crippen molar-refractivity contribution in [3.05, 3.63) is 212 Å². The van der Waals surface area contributed by atoms with Gasteiger partial charge < -0.3 is 9.32 Å². The monoisotopic (exact) mass is 713 g/mol. The zero-order chi connectivity index (χ0) is 37.0. The lowest BCUT2D eigenvalue weighted by atomic mass is 9.97. The van der Waals surface area contributed by atoms with Crippen LogP contribution in [0.25, 0.3) is 87.6 Å². The zero-order valence-corrected chi connectivity index (χ0v) is 30.6. The molecule has 0 atom stereocenters. The Morgan fingerprint density at radius 2 is 0.911 bits per heavy atom. The van der Waals surface area contributed by atoms with Gasteiger partial charge in [0, 0.05) is 22.1 Å². The summed E-state index contributed by atoms with van der Waals surface area (Å²) in [6.45, 7) is 0. The van der Waals surface area contributed by atoms with E-state index < -0.39 is 0 Å². The van der Waals surface area contributed by atoms with Crippen LogP contribution in [0.3, 0.4) is 0 Å². The van der Waals surface area contributed by atoms with Crippen molar-refractivity contribution in [3.63, 3.8) is 0 Å². The third kappa shape index (κ3) is 5.42. The predicted molar refractivity (Wildman–Crippen MR) is 237 cm³/mol. The van der Waals surface area contributed by atoms with E-state index >= 15 is 0 Å². The van der Waals surface area contributed by atoms with Crippen LogP contribution in [0.1, 0.15) is 0 Å². The van der Waals surface area contributed by atoms with E-state index in [4.69, 9.17) is 4.42 Å². The Bertz CT molecular complexity index is 3240. The largest absolute Gasteiger partial charge is 0.455 e. The Kier molecular flexibility index (Phi) is 7.53. The molecule has 2 nitrogen and oxygen atoms in total. The molecule has 0 bridgehead atoms. The van der Waals surface area contributed by atoms with Gasteiger partial charge in [-0.1, -0.05) is 164 Å². The highest BCUT2D eigenvalue weighted by molar-refractivity contribution is 6.19. The number of rotatable bonds is 6. The second-order valence-electron chi connectivity index (χ2n) is 14.5. The maximum atomic E-state index is 6.68. The lowest BCUT2D eigenvalue weighted by molar-refractivity contribution is 0.672. The molecule has 262 valence electrons. The van der Waals surface area contributed by atoms with Gasteiger partial charge in [-0.3, -0.25) is 0 Å². The standard InChI is InChI=1S/C54H35NO/c1-2-13-42-34-43(27-26-36(42)10-1)39-24-22-37(23-25-39)38-28-31-45(32-29-38)55(46-16-7-15-44(35-46)48-19-8-14-40-11-3-5-17-47(40)48)51-20-9-21-52-53(51)50-33-30-41-12-4-6-18-49(41)54(50)56-52/h1-35H. The Labute approximate surface area is 325 Å². The summed E-state index contributed by atoms with van der Waals surface area (Å²) in [4.78, 5) is 2.38. The molecule has 11 aromatic rings. The first kappa shape index (κ1) is 32.0. The first-order valence-corrected chi connectivity index (χ1v) is 19.2. The summed E-state index contributed by atoms with van der Waals surface area (Å²) < 4.78 is 6.68. The Morgan fingerprint density at radius 3 is 1.71 bits per heavy atom.